The zero-order valence-electron chi connectivity index (χ0n) is 8.87. The number of carbonyl (C=O) groups is 1. The molecule has 0 aromatic heterocycles. The minimum absolute atomic E-state index is 0.109. The van der Waals surface area contributed by atoms with Crippen LogP contribution in [0, 0.1) is 6.92 Å². The van der Waals surface area contributed by atoms with Crippen molar-refractivity contribution in [1.82, 2.24) is 0 Å². The summed E-state index contributed by atoms with van der Waals surface area (Å²) < 4.78 is 5.41. The maximum atomic E-state index is 11.0. The monoisotopic (exact) mass is 228 g/mol. The van der Waals surface area contributed by atoms with Crippen molar-refractivity contribution in [2.75, 3.05) is 0 Å². The van der Waals surface area contributed by atoms with E-state index < -0.39 is 5.97 Å². The highest BCUT2D eigenvalue weighted by atomic mass is 35.5. The van der Waals surface area contributed by atoms with Gasteiger partial charge in [0.15, 0.2) is 5.75 Å². The number of hydrogen-bond acceptors (Lipinski definition) is 2. The van der Waals surface area contributed by atoms with Crippen LogP contribution < -0.4 is 4.74 Å². The lowest BCUT2D eigenvalue weighted by atomic mass is 10.1. The number of benzene rings is 1. The summed E-state index contributed by atoms with van der Waals surface area (Å²) in [5.41, 5.74) is 0.777. The molecule has 4 heteroatoms. The molecule has 1 aromatic rings. The van der Waals surface area contributed by atoms with Crippen LogP contribution in [0.5, 0.6) is 5.75 Å². The number of ether oxygens (including phenoxy) is 1. The van der Waals surface area contributed by atoms with E-state index in [9.17, 15) is 4.79 Å². The van der Waals surface area contributed by atoms with Crippen LogP contribution in [0.25, 0.3) is 0 Å². The van der Waals surface area contributed by atoms with Gasteiger partial charge >= 0.3 is 5.97 Å². The first-order valence-electron chi connectivity index (χ1n) is 4.62. The first-order chi connectivity index (χ1) is 6.93. The van der Waals surface area contributed by atoms with Gasteiger partial charge in [0.1, 0.15) is 5.56 Å². The fourth-order valence-corrected chi connectivity index (χ4v) is 1.47. The summed E-state index contributed by atoms with van der Waals surface area (Å²) in [5, 5.41) is 9.37. The Kier molecular flexibility index (Phi) is 3.58. The number of carboxylic acid groups (broad SMARTS) is 1. The standard InChI is InChI=1S/C11H13ClO3/c1-6(2)15-10-8(12)5-4-7(3)9(10)11(13)14/h4-6H,1-3H3,(H,13,14). The van der Waals surface area contributed by atoms with E-state index in [1.165, 1.54) is 0 Å². The number of hydrogen-bond donors (Lipinski definition) is 1. The number of halogens is 1. The molecule has 1 rings (SSSR count). The fourth-order valence-electron chi connectivity index (χ4n) is 1.27. The van der Waals surface area contributed by atoms with Crippen molar-refractivity contribution >= 4 is 17.6 Å². The molecule has 0 aliphatic heterocycles. The molecule has 0 fully saturated rings. The van der Waals surface area contributed by atoms with Gasteiger partial charge in [0.25, 0.3) is 0 Å². The van der Waals surface area contributed by atoms with E-state index in [1.54, 1.807) is 19.1 Å². The van der Waals surface area contributed by atoms with E-state index in [0.717, 1.165) is 0 Å². The van der Waals surface area contributed by atoms with E-state index in [0.29, 0.717) is 10.6 Å². The lowest BCUT2D eigenvalue weighted by molar-refractivity contribution is 0.0689. The maximum absolute atomic E-state index is 11.0. The highest BCUT2D eigenvalue weighted by Gasteiger charge is 2.18. The van der Waals surface area contributed by atoms with Crippen LogP contribution in [-0.4, -0.2) is 17.2 Å². The molecule has 0 radical (unpaired) electrons. The van der Waals surface area contributed by atoms with Gasteiger partial charge in [0, 0.05) is 0 Å². The zero-order chi connectivity index (χ0) is 11.6. The van der Waals surface area contributed by atoms with Gasteiger partial charge in [0.05, 0.1) is 11.1 Å². The molecule has 0 saturated carbocycles. The first kappa shape index (κ1) is 11.9. The summed E-state index contributed by atoms with van der Waals surface area (Å²) in [6.07, 6.45) is -0.109. The molecule has 0 bridgehead atoms. The first-order valence-corrected chi connectivity index (χ1v) is 5.00. The van der Waals surface area contributed by atoms with Gasteiger partial charge in [-0.15, -0.1) is 0 Å². The molecule has 0 heterocycles. The number of rotatable bonds is 3. The van der Waals surface area contributed by atoms with Crippen molar-refractivity contribution in [3.05, 3.63) is 28.3 Å². The van der Waals surface area contributed by atoms with E-state index in [1.807, 2.05) is 13.8 Å². The predicted molar refractivity (Wildman–Crippen MR) is 58.9 cm³/mol. The topological polar surface area (TPSA) is 46.5 Å². The van der Waals surface area contributed by atoms with Crippen LogP contribution in [-0.2, 0) is 0 Å². The zero-order valence-corrected chi connectivity index (χ0v) is 9.63. The van der Waals surface area contributed by atoms with Crippen LogP contribution in [0.4, 0.5) is 0 Å². The maximum Gasteiger partial charge on any atom is 0.339 e. The number of carboxylic acids is 1. The summed E-state index contributed by atoms with van der Waals surface area (Å²) in [5.74, 6) is -0.773. The Labute approximate surface area is 93.6 Å². The summed E-state index contributed by atoms with van der Waals surface area (Å²) in [7, 11) is 0. The minimum atomic E-state index is -1.02. The summed E-state index contributed by atoms with van der Waals surface area (Å²) in [4.78, 5) is 11.0. The lowest BCUT2D eigenvalue weighted by Gasteiger charge is -2.15. The third-order valence-electron chi connectivity index (χ3n) is 1.89. The highest BCUT2D eigenvalue weighted by Crippen LogP contribution is 2.32. The molecule has 0 aliphatic rings. The highest BCUT2D eigenvalue weighted by molar-refractivity contribution is 6.32. The molecule has 15 heavy (non-hydrogen) atoms. The largest absolute Gasteiger partial charge is 0.489 e. The van der Waals surface area contributed by atoms with E-state index in [2.05, 4.69) is 0 Å². The fraction of sp³-hybridized carbons (Fsp3) is 0.364. The molecule has 0 amide bonds. The van der Waals surface area contributed by atoms with Gasteiger partial charge in [0.2, 0.25) is 0 Å². The van der Waals surface area contributed by atoms with Gasteiger partial charge in [-0.3, -0.25) is 0 Å². The van der Waals surface area contributed by atoms with Crippen LogP contribution in [0.3, 0.4) is 0 Å². The quantitative estimate of drug-likeness (QED) is 0.865. The average molecular weight is 229 g/mol. The molecule has 1 aromatic carbocycles. The third-order valence-corrected chi connectivity index (χ3v) is 2.18. The second-order valence-electron chi connectivity index (χ2n) is 3.54. The Balaban J connectivity index is 3.31. The van der Waals surface area contributed by atoms with E-state index >= 15 is 0 Å². The van der Waals surface area contributed by atoms with Crippen molar-refractivity contribution in [3.63, 3.8) is 0 Å². The van der Waals surface area contributed by atoms with Crippen molar-refractivity contribution in [3.8, 4) is 5.75 Å². The number of aryl methyl sites for hydroxylation is 1. The molecule has 3 nitrogen and oxygen atoms in total. The predicted octanol–water partition coefficient (Wildman–Crippen LogP) is 3.13. The van der Waals surface area contributed by atoms with Gasteiger partial charge in [-0.1, -0.05) is 17.7 Å². The van der Waals surface area contributed by atoms with E-state index in [-0.39, 0.29) is 17.4 Å². The minimum Gasteiger partial charge on any atom is -0.489 e. The average Bonchev–Trinajstić information content (AvgIpc) is 2.10. The van der Waals surface area contributed by atoms with Crippen LogP contribution in [0.1, 0.15) is 29.8 Å². The normalized spacial score (nSPS) is 10.5. The van der Waals surface area contributed by atoms with Gasteiger partial charge in [-0.2, -0.15) is 0 Å². The second-order valence-corrected chi connectivity index (χ2v) is 3.95. The SMILES string of the molecule is Cc1ccc(Cl)c(OC(C)C)c1C(=O)O. The summed E-state index contributed by atoms with van der Waals surface area (Å²) >= 11 is 5.90. The van der Waals surface area contributed by atoms with Crippen molar-refractivity contribution in [1.29, 1.82) is 0 Å². The summed E-state index contributed by atoms with van der Waals surface area (Å²) in [6, 6.07) is 3.31. The summed E-state index contributed by atoms with van der Waals surface area (Å²) in [6.45, 7) is 5.36. The molecular formula is C11H13ClO3. The molecule has 1 N–H and O–H groups in total. The van der Waals surface area contributed by atoms with Gasteiger partial charge < -0.3 is 9.84 Å². The van der Waals surface area contributed by atoms with Gasteiger partial charge in [-0.05, 0) is 32.4 Å². The molecular weight excluding hydrogens is 216 g/mol. The Morgan fingerprint density at radius 3 is 2.53 bits per heavy atom. The molecule has 0 atom stereocenters. The smallest absolute Gasteiger partial charge is 0.339 e. The van der Waals surface area contributed by atoms with Crippen molar-refractivity contribution < 1.29 is 14.6 Å². The molecule has 0 aliphatic carbocycles. The lowest BCUT2D eigenvalue weighted by Crippen LogP contribution is -2.11. The Morgan fingerprint density at radius 2 is 2.07 bits per heavy atom. The number of aromatic carboxylic acids is 1. The molecule has 0 saturated heterocycles. The Hall–Kier alpha value is -1.22. The van der Waals surface area contributed by atoms with E-state index in [4.69, 9.17) is 21.4 Å². The second kappa shape index (κ2) is 4.53. The Bertz CT molecular complexity index is 386. The molecule has 0 spiro atoms. The third kappa shape index (κ3) is 2.63. The van der Waals surface area contributed by atoms with Crippen LogP contribution in [0.2, 0.25) is 5.02 Å². The Morgan fingerprint density at radius 1 is 1.47 bits per heavy atom. The van der Waals surface area contributed by atoms with Crippen molar-refractivity contribution in [2.24, 2.45) is 0 Å². The van der Waals surface area contributed by atoms with Crippen molar-refractivity contribution in [2.45, 2.75) is 26.9 Å². The van der Waals surface area contributed by atoms with Crippen LogP contribution >= 0.6 is 11.6 Å². The van der Waals surface area contributed by atoms with Crippen LogP contribution in [0.15, 0.2) is 12.1 Å². The molecule has 82 valence electrons. The molecule has 0 unspecified atom stereocenters. The van der Waals surface area contributed by atoms with Gasteiger partial charge in [-0.25, -0.2) is 4.79 Å².